The molecule has 2 unspecified atom stereocenters. The summed E-state index contributed by atoms with van der Waals surface area (Å²) in [6.07, 6.45) is 5.15. The van der Waals surface area contributed by atoms with Crippen LogP contribution in [0.5, 0.6) is 5.75 Å². The first-order chi connectivity index (χ1) is 13.1. The highest BCUT2D eigenvalue weighted by Gasteiger charge is 2.59. The first-order valence-electron chi connectivity index (χ1n) is 9.66. The predicted molar refractivity (Wildman–Crippen MR) is 120 cm³/mol. The summed E-state index contributed by atoms with van der Waals surface area (Å²) in [7, 11) is 1.79. The number of rotatable bonds is 8. The number of nitrogens with two attached hydrogens (primary N) is 1. The zero-order valence-electron chi connectivity index (χ0n) is 16.6. The Morgan fingerprint density at radius 1 is 1.39 bits per heavy atom. The summed E-state index contributed by atoms with van der Waals surface area (Å²) in [5, 5.41) is 6.94. The fraction of sp³-hybridized carbons (Fsp3) is 0.600. The molecule has 0 aliphatic heterocycles. The van der Waals surface area contributed by atoms with Crippen molar-refractivity contribution in [1.82, 2.24) is 10.6 Å². The molecule has 156 valence electrons. The quantitative estimate of drug-likeness (QED) is 0.288. The summed E-state index contributed by atoms with van der Waals surface area (Å²) >= 11 is 0. The summed E-state index contributed by atoms with van der Waals surface area (Å²) < 4.78 is 11.3. The topological polar surface area (TPSA) is 98.0 Å². The molecule has 2 saturated carbocycles. The van der Waals surface area contributed by atoms with Gasteiger partial charge in [-0.25, -0.2) is 0 Å². The van der Waals surface area contributed by atoms with Gasteiger partial charge in [-0.05, 0) is 43.9 Å². The molecule has 3 rings (SSSR count). The van der Waals surface area contributed by atoms with Gasteiger partial charge in [-0.15, -0.1) is 24.0 Å². The second-order valence-electron chi connectivity index (χ2n) is 7.29. The Labute approximate surface area is 183 Å². The van der Waals surface area contributed by atoms with E-state index in [0.717, 1.165) is 24.6 Å². The number of carbonyl (C=O) groups excluding carboxylic acids is 1. The van der Waals surface area contributed by atoms with Crippen molar-refractivity contribution in [3.05, 3.63) is 29.8 Å². The minimum Gasteiger partial charge on any atom is -0.484 e. The molecule has 2 aliphatic rings. The van der Waals surface area contributed by atoms with Crippen molar-refractivity contribution in [2.75, 3.05) is 20.3 Å². The number of hydrogen-bond donors (Lipinski definition) is 3. The molecule has 2 fully saturated rings. The van der Waals surface area contributed by atoms with Gasteiger partial charge in [-0.2, -0.15) is 0 Å². The van der Waals surface area contributed by atoms with Crippen LogP contribution >= 0.6 is 24.0 Å². The molecule has 1 amide bonds. The van der Waals surface area contributed by atoms with Crippen LogP contribution in [-0.2, 0) is 16.1 Å². The van der Waals surface area contributed by atoms with Crippen molar-refractivity contribution in [3.63, 3.8) is 0 Å². The molecule has 1 aromatic carbocycles. The van der Waals surface area contributed by atoms with Gasteiger partial charge in [0.05, 0.1) is 6.10 Å². The number of aliphatic imine (C=N–C) groups is 1. The van der Waals surface area contributed by atoms with E-state index in [4.69, 9.17) is 15.2 Å². The second kappa shape index (κ2) is 10.3. The summed E-state index contributed by atoms with van der Waals surface area (Å²) in [4.78, 5) is 15.2. The van der Waals surface area contributed by atoms with E-state index in [2.05, 4.69) is 22.5 Å². The SMILES string of the molecule is CCOC1CC(NC(=NC)NCc2cccc(OCC(N)=O)c2)C12CCC2.I. The number of nitrogens with one attached hydrogen (secondary N) is 2. The fourth-order valence-electron chi connectivity index (χ4n) is 4.09. The molecule has 0 aromatic heterocycles. The molecule has 2 atom stereocenters. The Balaban J connectivity index is 0.00000280. The Hall–Kier alpha value is -1.55. The average Bonchev–Trinajstić information content (AvgIpc) is 2.60. The van der Waals surface area contributed by atoms with Gasteiger partial charge in [0.25, 0.3) is 5.91 Å². The lowest BCUT2D eigenvalue weighted by atomic mass is 9.51. The largest absolute Gasteiger partial charge is 0.484 e. The first-order valence-corrected chi connectivity index (χ1v) is 9.66. The number of guanidine groups is 1. The number of benzene rings is 1. The van der Waals surface area contributed by atoms with Crippen LogP contribution in [0, 0.1) is 5.41 Å². The third-order valence-electron chi connectivity index (χ3n) is 5.71. The van der Waals surface area contributed by atoms with Gasteiger partial charge in [0.1, 0.15) is 5.75 Å². The van der Waals surface area contributed by atoms with Crippen LogP contribution < -0.4 is 21.1 Å². The highest BCUT2D eigenvalue weighted by molar-refractivity contribution is 14.0. The van der Waals surface area contributed by atoms with Gasteiger partial charge in [0.15, 0.2) is 12.6 Å². The summed E-state index contributed by atoms with van der Waals surface area (Å²) in [5.74, 6) is 0.937. The number of ether oxygens (including phenoxy) is 2. The van der Waals surface area contributed by atoms with Gasteiger partial charge in [0.2, 0.25) is 0 Å². The predicted octanol–water partition coefficient (Wildman–Crippen LogP) is 2.18. The standard InChI is InChI=1S/C20H30N4O3.HI/c1-3-26-17-11-16(20(17)8-5-9-20)24-19(22-2)23-12-14-6-4-7-15(10-14)27-13-18(21)25;/h4,6-7,10,16-17H,3,5,8-9,11-13H2,1-2H3,(H2,21,25)(H2,22,23,24);1H. The van der Waals surface area contributed by atoms with Gasteiger partial charge in [-0.3, -0.25) is 9.79 Å². The lowest BCUT2D eigenvalue weighted by Gasteiger charge is -2.61. The highest BCUT2D eigenvalue weighted by Crippen LogP contribution is 2.57. The Morgan fingerprint density at radius 3 is 2.79 bits per heavy atom. The number of hydrogen-bond acceptors (Lipinski definition) is 4. The maximum absolute atomic E-state index is 10.8. The molecule has 7 nitrogen and oxygen atoms in total. The molecule has 0 bridgehead atoms. The zero-order chi connectivity index (χ0) is 19.3. The van der Waals surface area contributed by atoms with Crippen LogP contribution in [0.15, 0.2) is 29.3 Å². The lowest BCUT2D eigenvalue weighted by Crippen LogP contribution is -2.68. The van der Waals surface area contributed by atoms with Crippen molar-refractivity contribution in [2.45, 2.75) is 51.3 Å². The molecule has 0 radical (unpaired) electrons. The maximum atomic E-state index is 10.8. The molecular formula is C20H31IN4O3. The zero-order valence-corrected chi connectivity index (χ0v) is 18.9. The normalized spacial score (nSPS) is 22.4. The molecule has 28 heavy (non-hydrogen) atoms. The van der Waals surface area contributed by atoms with Crippen molar-refractivity contribution < 1.29 is 14.3 Å². The van der Waals surface area contributed by atoms with Crippen LogP contribution in [0.4, 0.5) is 0 Å². The molecule has 1 aromatic rings. The van der Waals surface area contributed by atoms with E-state index in [0.29, 0.717) is 24.4 Å². The molecule has 4 N–H and O–H groups in total. The third kappa shape index (κ3) is 5.08. The summed E-state index contributed by atoms with van der Waals surface area (Å²) in [5.41, 5.74) is 6.45. The van der Waals surface area contributed by atoms with E-state index in [9.17, 15) is 4.79 Å². The van der Waals surface area contributed by atoms with E-state index in [1.54, 1.807) is 7.05 Å². The van der Waals surface area contributed by atoms with Gasteiger partial charge in [0, 0.05) is 31.7 Å². The molecular weight excluding hydrogens is 471 g/mol. The van der Waals surface area contributed by atoms with Gasteiger partial charge < -0.3 is 25.8 Å². The van der Waals surface area contributed by atoms with Crippen LogP contribution in [0.3, 0.4) is 0 Å². The Bertz CT molecular complexity index is 694. The van der Waals surface area contributed by atoms with Crippen LogP contribution in [0.1, 0.15) is 38.2 Å². The third-order valence-corrected chi connectivity index (χ3v) is 5.71. The van der Waals surface area contributed by atoms with Crippen molar-refractivity contribution >= 4 is 35.8 Å². The monoisotopic (exact) mass is 502 g/mol. The fourth-order valence-corrected chi connectivity index (χ4v) is 4.09. The minimum absolute atomic E-state index is 0. The number of halogens is 1. The lowest BCUT2D eigenvalue weighted by molar-refractivity contribution is -0.168. The molecule has 0 heterocycles. The molecule has 2 aliphatic carbocycles. The molecule has 8 heteroatoms. The van der Waals surface area contributed by atoms with Crippen LogP contribution in [0.2, 0.25) is 0 Å². The van der Waals surface area contributed by atoms with E-state index >= 15 is 0 Å². The van der Waals surface area contributed by atoms with Crippen molar-refractivity contribution in [1.29, 1.82) is 0 Å². The summed E-state index contributed by atoms with van der Waals surface area (Å²) in [6, 6.07) is 8.01. The number of carbonyl (C=O) groups is 1. The van der Waals surface area contributed by atoms with Gasteiger partial charge >= 0.3 is 0 Å². The van der Waals surface area contributed by atoms with Crippen molar-refractivity contribution in [3.8, 4) is 5.75 Å². The summed E-state index contributed by atoms with van der Waals surface area (Å²) in [6.45, 7) is 3.34. The first kappa shape index (κ1) is 22.7. The minimum atomic E-state index is -0.487. The van der Waals surface area contributed by atoms with Gasteiger partial charge in [-0.1, -0.05) is 18.6 Å². The highest BCUT2D eigenvalue weighted by atomic mass is 127. The van der Waals surface area contributed by atoms with Crippen LogP contribution in [0.25, 0.3) is 0 Å². The number of nitrogens with zero attached hydrogens (tertiary/aromatic N) is 1. The number of primary amides is 1. The molecule has 1 spiro atoms. The van der Waals surface area contributed by atoms with E-state index in [1.807, 2.05) is 24.3 Å². The Kier molecular flexibility index (Phi) is 8.36. The maximum Gasteiger partial charge on any atom is 0.255 e. The van der Waals surface area contributed by atoms with Crippen molar-refractivity contribution in [2.24, 2.45) is 16.1 Å². The van der Waals surface area contributed by atoms with E-state index < -0.39 is 5.91 Å². The number of amides is 1. The smallest absolute Gasteiger partial charge is 0.255 e. The average molecular weight is 502 g/mol. The second-order valence-corrected chi connectivity index (χ2v) is 7.29. The van der Waals surface area contributed by atoms with E-state index in [1.165, 1.54) is 19.3 Å². The Morgan fingerprint density at radius 2 is 2.18 bits per heavy atom. The van der Waals surface area contributed by atoms with E-state index in [-0.39, 0.29) is 36.0 Å². The molecule has 0 saturated heterocycles. The van der Waals surface area contributed by atoms with Crippen LogP contribution in [-0.4, -0.2) is 44.3 Å².